The van der Waals surface area contributed by atoms with Crippen LogP contribution < -0.4 is 0 Å². The molecule has 4 unspecified atom stereocenters. The molecule has 3 aliphatic heterocycles. The Balaban J connectivity index is 1.90. The molecule has 0 aromatic carbocycles. The highest BCUT2D eigenvalue weighted by Crippen LogP contribution is 2.47. The Bertz CT molecular complexity index is 358. The molecule has 4 atom stereocenters. The van der Waals surface area contributed by atoms with Crippen molar-refractivity contribution in [2.45, 2.75) is 63.4 Å². The van der Waals surface area contributed by atoms with Crippen molar-refractivity contribution in [1.82, 2.24) is 0 Å². The van der Waals surface area contributed by atoms with Crippen LogP contribution in [0, 0.1) is 0 Å². The molecular weight excluding hydrogens is 304 g/mol. The largest absolute Gasteiger partial charge is 0.344 e. The molecule has 6 heteroatoms. The molecule has 3 saturated heterocycles. The maximum absolute atomic E-state index is 5.97. The van der Waals surface area contributed by atoms with Crippen LogP contribution in [0.5, 0.6) is 0 Å². The molecule has 0 N–H and O–H groups in total. The van der Waals surface area contributed by atoms with Gasteiger partial charge in [-0.1, -0.05) is 15.9 Å². The van der Waals surface area contributed by atoms with Crippen LogP contribution in [-0.2, 0) is 23.7 Å². The summed E-state index contributed by atoms with van der Waals surface area (Å²) in [5.41, 5.74) is 0. The molecule has 18 heavy (non-hydrogen) atoms. The van der Waals surface area contributed by atoms with E-state index in [9.17, 15) is 0 Å². The summed E-state index contributed by atoms with van der Waals surface area (Å²) in [6, 6.07) is 0. The fourth-order valence-corrected chi connectivity index (χ4v) is 3.53. The maximum atomic E-state index is 5.97. The molecule has 0 aliphatic carbocycles. The lowest BCUT2D eigenvalue weighted by molar-refractivity contribution is -0.267. The first kappa shape index (κ1) is 13.3. The van der Waals surface area contributed by atoms with Gasteiger partial charge in [0.1, 0.15) is 18.3 Å². The predicted octanol–water partition coefficient (Wildman–Crippen LogP) is 1.78. The number of halogens is 1. The van der Waals surface area contributed by atoms with Crippen molar-refractivity contribution in [3.05, 3.63) is 0 Å². The zero-order valence-corrected chi connectivity index (χ0v) is 12.7. The van der Waals surface area contributed by atoms with Crippen LogP contribution in [0.15, 0.2) is 0 Å². The zero-order chi connectivity index (χ0) is 13.2. The van der Waals surface area contributed by atoms with E-state index in [-0.39, 0.29) is 18.3 Å². The second-order valence-electron chi connectivity index (χ2n) is 5.94. The molecule has 104 valence electrons. The maximum Gasteiger partial charge on any atom is 0.210 e. The summed E-state index contributed by atoms with van der Waals surface area (Å²) in [4.78, 5) is 0. The van der Waals surface area contributed by atoms with E-state index in [4.69, 9.17) is 23.7 Å². The summed E-state index contributed by atoms with van der Waals surface area (Å²) in [5, 5.41) is 0.543. The summed E-state index contributed by atoms with van der Waals surface area (Å²) < 4.78 is 29.6. The first-order chi connectivity index (χ1) is 8.27. The Morgan fingerprint density at radius 3 is 2.44 bits per heavy atom. The van der Waals surface area contributed by atoms with E-state index in [2.05, 4.69) is 15.9 Å². The van der Waals surface area contributed by atoms with Crippen molar-refractivity contribution in [3.8, 4) is 0 Å². The number of ether oxygens (including phenoxy) is 5. The van der Waals surface area contributed by atoms with E-state index in [1.165, 1.54) is 0 Å². The summed E-state index contributed by atoms with van der Waals surface area (Å²) in [6.45, 7) is 8.03. The minimum atomic E-state index is -0.783. The van der Waals surface area contributed by atoms with Gasteiger partial charge in [-0.3, -0.25) is 0 Å². The Labute approximate surface area is 115 Å². The standard InChI is InChI=1S/C12H19BrO5/c1-10(2)15-7-5-14-12(6-13)9(8(7)16-10)17-11(3,4)18-12/h7-9H,5-6H2,1-4H3. The molecule has 0 spiro atoms. The zero-order valence-electron chi connectivity index (χ0n) is 11.1. The van der Waals surface area contributed by atoms with Gasteiger partial charge in [-0.25, -0.2) is 0 Å². The fourth-order valence-electron chi connectivity index (χ4n) is 2.94. The van der Waals surface area contributed by atoms with Crippen LogP contribution in [0.3, 0.4) is 0 Å². The van der Waals surface area contributed by atoms with Gasteiger partial charge in [0, 0.05) is 0 Å². The van der Waals surface area contributed by atoms with Gasteiger partial charge in [0.05, 0.1) is 11.9 Å². The van der Waals surface area contributed by atoms with Crippen molar-refractivity contribution in [2.24, 2.45) is 0 Å². The lowest BCUT2D eigenvalue weighted by Gasteiger charge is -2.39. The number of hydrogen-bond acceptors (Lipinski definition) is 5. The van der Waals surface area contributed by atoms with E-state index in [1.807, 2.05) is 27.7 Å². The molecule has 3 rings (SSSR count). The molecule has 3 heterocycles. The Hall–Kier alpha value is 0.280. The highest BCUT2D eigenvalue weighted by atomic mass is 79.9. The van der Waals surface area contributed by atoms with Crippen molar-refractivity contribution in [1.29, 1.82) is 0 Å². The number of fused-ring (bicyclic) bond motifs is 3. The molecule has 3 fully saturated rings. The quantitative estimate of drug-likeness (QED) is 0.689. The van der Waals surface area contributed by atoms with E-state index in [0.29, 0.717) is 11.9 Å². The number of alkyl halides is 1. The SMILES string of the molecule is CC1(C)OC2COC3(CBr)OC(C)(C)OC3C2O1. The van der Waals surface area contributed by atoms with Crippen LogP contribution in [0.2, 0.25) is 0 Å². The van der Waals surface area contributed by atoms with Crippen LogP contribution in [-0.4, -0.2) is 47.6 Å². The highest BCUT2D eigenvalue weighted by molar-refractivity contribution is 9.09. The fraction of sp³-hybridized carbons (Fsp3) is 1.00. The molecule has 5 nitrogen and oxygen atoms in total. The average Bonchev–Trinajstić information content (AvgIpc) is 2.70. The average molecular weight is 323 g/mol. The molecule has 0 radical (unpaired) electrons. The molecule has 0 bridgehead atoms. The van der Waals surface area contributed by atoms with E-state index < -0.39 is 17.4 Å². The molecule has 0 aromatic heterocycles. The lowest BCUT2D eigenvalue weighted by atomic mass is 9.98. The topological polar surface area (TPSA) is 46.2 Å². The van der Waals surface area contributed by atoms with Crippen molar-refractivity contribution in [2.75, 3.05) is 11.9 Å². The van der Waals surface area contributed by atoms with Gasteiger partial charge in [0.15, 0.2) is 11.6 Å². The van der Waals surface area contributed by atoms with Crippen molar-refractivity contribution >= 4 is 15.9 Å². The normalized spacial score (nSPS) is 48.8. The van der Waals surface area contributed by atoms with Gasteiger partial charge in [-0.05, 0) is 27.7 Å². The van der Waals surface area contributed by atoms with Crippen LogP contribution in [0.4, 0.5) is 0 Å². The minimum Gasteiger partial charge on any atom is -0.344 e. The Morgan fingerprint density at radius 1 is 1.06 bits per heavy atom. The summed E-state index contributed by atoms with van der Waals surface area (Å²) in [5.74, 6) is -2.06. The van der Waals surface area contributed by atoms with Gasteiger partial charge in [-0.15, -0.1) is 0 Å². The Kier molecular flexibility index (Phi) is 2.87. The third kappa shape index (κ3) is 1.94. The second-order valence-corrected chi connectivity index (χ2v) is 6.50. The summed E-state index contributed by atoms with van der Waals surface area (Å²) in [7, 11) is 0. The van der Waals surface area contributed by atoms with Crippen molar-refractivity contribution < 1.29 is 23.7 Å². The monoisotopic (exact) mass is 322 g/mol. The first-order valence-corrected chi connectivity index (χ1v) is 7.33. The number of hydrogen-bond donors (Lipinski definition) is 0. The first-order valence-electron chi connectivity index (χ1n) is 6.20. The van der Waals surface area contributed by atoms with E-state index in [0.717, 1.165) is 0 Å². The van der Waals surface area contributed by atoms with E-state index >= 15 is 0 Å². The second kappa shape index (κ2) is 3.90. The van der Waals surface area contributed by atoms with Crippen LogP contribution >= 0.6 is 15.9 Å². The lowest BCUT2D eigenvalue weighted by Crippen LogP contribution is -2.59. The molecule has 0 aromatic rings. The third-order valence-corrected chi connectivity index (χ3v) is 4.24. The predicted molar refractivity (Wildman–Crippen MR) is 66.3 cm³/mol. The van der Waals surface area contributed by atoms with Gasteiger partial charge in [0.2, 0.25) is 5.79 Å². The van der Waals surface area contributed by atoms with Crippen LogP contribution in [0.25, 0.3) is 0 Å². The highest BCUT2D eigenvalue weighted by Gasteiger charge is 2.64. The van der Waals surface area contributed by atoms with Crippen LogP contribution in [0.1, 0.15) is 27.7 Å². The summed E-state index contributed by atoms with van der Waals surface area (Å²) >= 11 is 3.46. The van der Waals surface area contributed by atoms with Gasteiger partial charge < -0.3 is 23.7 Å². The van der Waals surface area contributed by atoms with Gasteiger partial charge >= 0.3 is 0 Å². The third-order valence-electron chi connectivity index (χ3n) is 3.46. The van der Waals surface area contributed by atoms with Crippen molar-refractivity contribution in [3.63, 3.8) is 0 Å². The Morgan fingerprint density at radius 2 is 1.78 bits per heavy atom. The van der Waals surface area contributed by atoms with Gasteiger partial charge in [0.25, 0.3) is 0 Å². The molecule has 0 saturated carbocycles. The smallest absolute Gasteiger partial charge is 0.210 e. The van der Waals surface area contributed by atoms with Gasteiger partial charge in [-0.2, -0.15) is 0 Å². The molecule has 3 aliphatic rings. The molecule has 0 amide bonds. The minimum absolute atomic E-state index is 0.102. The molecular formula is C12H19BrO5. The number of rotatable bonds is 1. The van der Waals surface area contributed by atoms with E-state index in [1.54, 1.807) is 0 Å². The summed E-state index contributed by atoms with van der Waals surface area (Å²) in [6.07, 6.45) is -0.546.